The molecule has 0 saturated carbocycles. The number of benzene rings is 2. The van der Waals surface area contributed by atoms with Crippen LogP contribution in [0, 0.1) is 5.82 Å². The number of hydrogen-bond acceptors (Lipinski definition) is 2. The first kappa shape index (κ1) is 14.0. The second kappa shape index (κ2) is 5.72. The Morgan fingerprint density at radius 2 is 1.95 bits per heavy atom. The van der Waals surface area contributed by atoms with E-state index in [1.807, 2.05) is 31.2 Å². The summed E-state index contributed by atoms with van der Waals surface area (Å²) >= 11 is 3.45. The van der Waals surface area contributed by atoms with Gasteiger partial charge >= 0.3 is 0 Å². The van der Waals surface area contributed by atoms with E-state index in [1.165, 1.54) is 12.1 Å². The molecule has 19 heavy (non-hydrogen) atoms. The molecule has 2 aromatic carbocycles. The van der Waals surface area contributed by atoms with Gasteiger partial charge < -0.3 is 10.4 Å². The molecule has 4 heteroatoms. The maximum absolute atomic E-state index is 13.3. The van der Waals surface area contributed by atoms with Gasteiger partial charge in [0.25, 0.3) is 0 Å². The number of para-hydroxylation sites is 1. The molecule has 0 aliphatic heterocycles. The average molecular weight is 324 g/mol. The fraction of sp³-hybridized carbons (Fsp3) is 0.200. The lowest BCUT2D eigenvalue weighted by molar-refractivity contribution is 0.223. The van der Waals surface area contributed by atoms with E-state index in [9.17, 15) is 9.50 Å². The summed E-state index contributed by atoms with van der Waals surface area (Å²) in [7, 11) is 0. The minimum atomic E-state index is -0.744. The van der Waals surface area contributed by atoms with Crippen LogP contribution in [0.2, 0.25) is 0 Å². The van der Waals surface area contributed by atoms with Crippen molar-refractivity contribution in [1.29, 1.82) is 0 Å². The molecule has 0 fully saturated rings. The van der Waals surface area contributed by atoms with Crippen molar-refractivity contribution in [3.8, 4) is 0 Å². The summed E-state index contributed by atoms with van der Waals surface area (Å²) in [4.78, 5) is 0. The van der Waals surface area contributed by atoms with Crippen molar-refractivity contribution < 1.29 is 9.50 Å². The van der Waals surface area contributed by atoms with Crippen molar-refractivity contribution >= 4 is 21.6 Å². The van der Waals surface area contributed by atoms with Crippen molar-refractivity contribution in [3.05, 3.63) is 64.4 Å². The fourth-order valence-electron chi connectivity index (χ4n) is 1.89. The number of nitrogens with one attached hydrogen (secondary N) is 1. The number of anilines is 1. The predicted octanol–water partition coefficient (Wildman–Crippen LogP) is 3.91. The predicted molar refractivity (Wildman–Crippen MR) is 78.6 cm³/mol. The van der Waals surface area contributed by atoms with E-state index in [4.69, 9.17) is 0 Å². The van der Waals surface area contributed by atoms with Crippen LogP contribution >= 0.6 is 15.9 Å². The van der Waals surface area contributed by atoms with E-state index in [0.717, 1.165) is 10.2 Å². The molecule has 1 unspecified atom stereocenters. The summed E-state index contributed by atoms with van der Waals surface area (Å²) in [6, 6.07) is 13.9. The summed E-state index contributed by atoms with van der Waals surface area (Å²) in [6.45, 7) is 1.69. The number of hydrogen-bond donors (Lipinski definition) is 2. The standard InChI is InChI=1S/C15H15BrFNO/c1-15(10-19,11-5-4-6-12(17)9-11)18-14-8-3-2-7-13(14)16/h2-9,18-19H,10H2,1H3. The Bertz CT molecular complexity index is 576. The Balaban J connectivity index is 2.36. The molecule has 0 saturated heterocycles. The summed E-state index contributed by atoms with van der Waals surface area (Å²) < 4.78 is 14.2. The molecule has 1 atom stereocenters. The third kappa shape index (κ3) is 3.14. The molecule has 2 aromatic rings. The van der Waals surface area contributed by atoms with E-state index < -0.39 is 5.54 Å². The summed E-state index contributed by atoms with van der Waals surface area (Å²) in [5.41, 5.74) is 0.806. The van der Waals surface area contributed by atoms with E-state index in [0.29, 0.717) is 5.56 Å². The van der Waals surface area contributed by atoms with Gasteiger partial charge in [-0.25, -0.2) is 4.39 Å². The Hall–Kier alpha value is -1.39. The maximum atomic E-state index is 13.3. The molecule has 2 N–H and O–H groups in total. The lowest BCUT2D eigenvalue weighted by Crippen LogP contribution is -2.36. The minimum absolute atomic E-state index is 0.141. The molecule has 0 aliphatic rings. The second-order valence-corrected chi connectivity index (χ2v) is 5.46. The first-order valence-electron chi connectivity index (χ1n) is 5.95. The van der Waals surface area contributed by atoms with Crippen LogP contribution < -0.4 is 5.32 Å². The third-order valence-corrected chi connectivity index (χ3v) is 3.75. The van der Waals surface area contributed by atoms with Crippen LogP contribution in [0.1, 0.15) is 12.5 Å². The lowest BCUT2D eigenvalue weighted by atomic mass is 9.92. The highest BCUT2D eigenvalue weighted by Gasteiger charge is 2.26. The van der Waals surface area contributed by atoms with Gasteiger partial charge in [0, 0.05) is 10.2 Å². The molecular formula is C15H15BrFNO. The molecular weight excluding hydrogens is 309 g/mol. The molecule has 0 heterocycles. The van der Waals surface area contributed by atoms with Crippen LogP contribution in [0.25, 0.3) is 0 Å². The fourth-order valence-corrected chi connectivity index (χ4v) is 2.28. The Labute approximate surface area is 120 Å². The average Bonchev–Trinajstić information content (AvgIpc) is 2.41. The third-order valence-electron chi connectivity index (χ3n) is 3.06. The molecule has 0 radical (unpaired) electrons. The first-order chi connectivity index (χ1) is 9.05. The van der Waals surface area contributed by atoms with E-state index in [1.54, 1.807) is 12.1 Å². The molecule has 0 aliphatic carbocycles. The van der Waals surface area contributed by atoms with Gasteiger partial charge in [-0.1, -0.05) is 24.3 Å². The van der Waals surface area contributed by atoms with Crippen LogP contribution in [0.5, 0.6) is 0 Å². The van der Waals surface area contributed by atoms with Gasteiger partial charge in [0.05, 0.1) is 12.1 Å². The van der Waals surface area contributed by atoms with Gasteiger partial charge in [-0.05, 0) is 52.7 Å². The SMILES string of the molecule is CC(CO)(Nc1ccccc1Br)c1cccc(F)c1. The molecule has 0 aromatic heterocycles. The Kier molecular flexibility index (Phi) is 4.22. The second-order valence-electron chi connectivity index (χ2n) is 4.61. The maximum Gasteiger partial charge on any atom is 0.123 e. The van der Waals surface area contributed by atoms with Gasteiger partial charge in [-0.2, -0.15) is 0 Å². The highest BCUT2D eigenvalue weighted by molar-refractivity contribution is 9.10. The van der Waals surface area contributed by atoms with Gasteiger partial charge in [0.15, 0.2) is 0 Å². The first-order valence-corrected chi connectivity index (χ1v) is 6.74. The summed E-state index contributed by atoms with van der Waals surface area (Å²) in [6.07, 6.45) is 0. The zero-order chi connectivity index (χ0) is 13.9. The van der Waals surface area contributed by atoms with Crippen LogP contribution in [0.4, 0.5) is 10.1 Å². The van der Waals surface area contributed by atoms with Crippen LogP contribution in [-0.2, 0) is 5.54 Å². The molecule has 0 amide bonds. The van der Waals surface area contributed by atoms with Gasteiger partial charge in [-0.3, -0.25) is 0 Å². The quantitative estimate of drug-likeness (QED) is 0.894. The smallest absolute Gasteiger partial charge is 0.123 e. The van der Waals surface area contributed by atoms with Gasteiger partial charge in [-0.15, -0.1) is 0 Å². The van der Waals surface area contributed by atoms with Crippen molar-refractivity contribution in [2.24, 2.45) is 0 Å². The number of rotatable bonds is 4. The largest absolute Gasteiger partial charge is 0.394 e. The highest BCUT2D eigenvalue weighted by Crippen LogP contribution is 2.30. The van der Waals surface area contributed by atoms with E-state index in [2.05, 4.69) is 21.2 Å². The Morgan fingerprint density at radius 1 is 1.21 bits per heavy atom. The molecule has 0 spiro atoms. The van der Waals surface area contributed by atoms with Gasteiger partial charge in [0.2, 0.25) is 0 Å². The van der Waals surface area contributed by atoms with Crippen LogP contribution in [-0.4, -0.2) is 11.7 Å². The minimum Gasteiger partial charge on any atom is -0.394 e. The lowest BCUT2D eigenvalue weighted by Gasteiger charge is -2.31. The normalized spacial score (nSPS) is 13.9. The monoisotopic (exact) mass is 323 g/mol. The van der Waals surface area contributed by atoms with Crippen molar-refractivity contribution in [1.82, 2.24) is 0 Å². The molecule has 2 nitrogen and oxygen atoms in total. The molecule has 100 valence electrons. The molecule has 0 bridgehead atoms. The number of aliphatic hydroxyl groups is 1. The van der Waals surface area contributed by atoms with E-state index >= 15 is 0 Å². The zero-order valence-corrected chi connectivity index (χ0v) is 12.1. The van der Waals surface area contributed by atoms with E-state index in [-0.39, 0.29) is 12.4 Å². The van der Waals surface area contributed by atoms with Crippen molar-refractivity contribution in [2.45, 2.75) is 12.5 Å². The zero-order valence-electron chi connectivity index (χ0n) is 10.5. The topological polar surface area (TPSA) is 32.3 Å². The van der Waals surface area contributed by atoms with Crippen LogP contribution in [0.3, 0.4) is 0 Å². The van der Waals surface area contributed by atoms with Crippen LogP contribution in [0.15, 0.2) is 53.0 Å². The number of aliphatic hydroxyl groups excluding tert-OH is 1. The van der Waals surface area contributed by atoms with Crippen molar-refractivity contribution in [3.63, 3.8) is 0 Å². The molecule has 2 rings (SSSR count). The highest BCUT2D eigenvalue weighted by atomic mass is 79.9. The Morgan fingerprint density at radius 3 is 2.58 bits per heavy atom. The number of halogens is 2. The summed E-state index contributed by atoms with van der Waals surface area (Å²) in [5.74, 6) is -0.314. The summed E-state index contributed by atoms with van der Waals surface area (Å²) in [5, 5.41) is 12.9. The van der Waals surface area contributed by atoms with Crippen molar-refractivity contribution in [2.75, 3.05) is 11.9 Å². The van der Waals surface area contributed by atoms with Gasteiger partial charge in [0.1, 0.15) is 5.82 Å².